The van der Waals surface area contributed by atoms with Crippen molar-refractivity contribution in [3.8, 4) is 5.75 Å². The summed E-state index contributed by atoms with van der Waals surface area (Å²) in [5, 5.41) is 0. The molecule has 4 heteroatoms. The molecule has 14 heavy (non-hydrogen) atoms. The van der Waals surface area contributed by atoms with Gasteiger partial charge in [-0.1, -0.05) is 0 Å². The molecule has 76 valence electrons. The van der Waals surface area contributed by atoms with Crippen LogP contribution in [0.2, 0.25) is 0 Å². The van der Waals surface area contributed by atoms with E-state index in [0.717, 1.165) is 6.29 Å². The average Bonchev–Trinajstić information content (AvgIpc) is 2.25. The van der Waals surface area contributed by atoms with Gasteiger partial charge >= 0.3 is 0 Å². The quantitative estimate of drug-likeness (QED) is 0.397. The molecule has 1 rings (SSSR count). The van der Waals surface area contributed by atoms with Gasteiger partial charge in [0, 0.05) is 5.56 Å². The van der Waals surface area contributed by atoms with Crippen molar-refractivity contribution in [2.75, 3.05) is 20.1 Å². The van der Waals surface area contributed by atoms with Gasteiger partial charge in [-0.05, 0) is 24.3 Å². The van der Waals surface area contributed by atoms with Gasteiger partial charge in [-0.25, -0.2) is 4.39 Å². The van der Waals surface area contributed by atoms with Crippen molar-refractivity contribution in [3.63, 3.8) is 0 Å². The van der Waals surface area contributed by atoms with E-state index >= 15 is 0 Å². The number of ether oxygens (including phenoxy) is 2. The molecule has 0 heterocycles. The molecule has 0 aliphatic rings. The number of carbonyl (C=O) groups is 1. The van der Waals surface area contributed by atoms with Crippen LogP contribution in [-0.2, 0) is 4.74 Å². The minimum Gasteiger partial charge on any atom is -0.468 e. The highest BCUT2D eigenvalue weighted by molar-refractivity contribution is 5.74. The molecular weight excluding hydrogens is 187 g/mol. The van der Waals surface area contributed by atoms with E-state index in [2.05, 4.69) is 0 Å². The van der Waals surface area contributed by atoms with E-state index in [9.17, 15) is 9.18 Å². The lowest BCUT2D eigenvalue weighted by molar-refractivity contribution is 0.00945. The topological polar surface area (TPSA) is 35.5 Å². The Morgan fingerprint density at radius 3 is 2.57 bits per heavy atom. The fourth-order valence-electron chi connectivity index (χ4n) is 0.866. The van der Waals surface area contributed by atoms with Gasteiger partial charge in [0.05, 0.1) is 6.61 Å². The minimum atomic E-state index is -0.520. The number of hydrogen-bond acceptors (Lipinski definition) is 3. The molecule has 0 aliphatic carbocycles. The van der Waals surface area contributed by atoms with Crippen LogP contribution in [0, 0.1) is 0 Å². The smallest absolute Gasteiger partial charge is 0.189 e. The van der Waals surface area contributed by atoms with Gasteiger partial charge in [-0.3, -0.25) is 4.79 Å². The van der Waals surface area contributed by atoms with Gasteiger partial charge < -0.3 is 9.47 Å². The first-order chi connectivity index (χ1) is 6.86. The van der Waals surface area contributed by atoms with Crippen LogP contribution in [0.1, 0.15) is 10.4 Å². The second-order valence-electron chi connectivity index (χ2n) is 2.55. The third-order valence-electron chi connectivity index (χ3n) is 1.55. The lowest BCUT2D eigenvalue weighted by atomic mass is 10.2. The lowest BCUT2D eigenvalue weighted by Gasteiger charge is -2.05. The minimum absolute atomic E-state index is 0.0182. The Hall–Kier alpha value is -1.42. The highest BCUT2D eigenvalue weighted by atomic mass is 19.1. The maximum absolute atomic E-state index is 11.6. The summed E-state index contributed by atoms with van der Waals surface area (Å²) in [7, 11) is 0. The summed E-state index contributed by atoms with van der Waals surface area (Å²) in [6, 6.07) is 6.58. The molecule has 0 aromatic heterocycles. The first-order valence-corrected chi connectivity index (χ1v) is 4.18. The predicted molar refractivity (Wildman–Crippen MR) is 49.3 cm³/mol. The zero-order valence-corrected chi connectivity index (χ0v) is 7.61. The van der Waals surface area contributed by atoms with Gasteiger partial charge in [-0.15, -0.1) is 0 Å². The third-order valence-corrected chi connectivity index (χ3v) is 1.55. The number of alkyl halides is 1. The number of carbonyl (C=O) groups excluding carboxylic acids is 1. The number of aldehydes is 1. The molecule has 0 radical (unpaired) electrons. The zero-order chi connectivity index (χ0) is 10.2. The van der Waals surface area contributed by atoms with Crippen molar-refractivity contribution in [1.82, 2.24) is 0 Å². The van der Waals surface area contributed by atoms with Crippen LogP contribution in [0.5, 0.6) is 5.75 Å². The molecule has 0 fully saturated rings. The Morgan fingerprint density at radius 1 is 1.29 bits per heavy atom. The third kappa shape index (κ3) is 3.53. The molecule has 0 atom stereocenters. The Morgan fingerprint density at radius 2 is 2.00 bits per heavy atom. The van der Waals surface area contributed by atoms with Crippen molar-refractivity contribution in [3.05, 3.63) is 29.8 Å². The SMILES string of the molecule is O=Cc1ccc(OCOCCF)cc1. The molecule has 3 nitrogen and oxygen atoms in total. The van der Waals surface area contributed by atoms with Gasteiger partial charge in [-0.2, -0.15) is 0 Å². The summed E-state index contributed by atoms with van der Waals surface area (Å²) in [5.74, 6) is 0.592. The van der Waals surface area contributed by atoms with E-state index in [-0.39, 0.29) is 13.4 Å². The Bertz CT molecular complexity index is 271. The van der Waals surface area contributed by atoms with Crippen molar-refractivity contribution in [1.29, 1.82) is 0 Å². The van der Waals surface area contributed by atoms with E-state index in [1.807, 2.05) is 0 Å². The second-order valence-corrected chi connectivity index (χ2v) is 2.55. The fraction of sp³-hybridized carbons (Fsp3) is 0.300. The summed E-state index contributed by atoms with van der Waals surface area (Å²) in [4.78, 5) is 10.3. The Kier molecular flexibility index (Phi) is 4.64. The van der Waals surface area contributed by atoms with E-state index in [4.69, 9.17) is 9.47 Å². The lowest BCUT2D eigenvalue weighted by Crippen LogP contribution is -2.04. The van der Waals surface area contributed by atoms with E-state index in [1.165, 1.54) is 0 Å². The predicted octanol–water partition coefficient (Wildman–Crippen LogP) is 1.82. The number of hydrogen-bond donors (Lipinski definition) is 0. The molecule has 1 aromatic carbocycles. The van der Waals surface area contributed by atoms with Crippen LogP contribution < -0.4 is 4.74 Å². The van der Waals surface area contributed by atoms with Gasteiger partial charge in [0.1, 0.15) is 18.7 Å². The largest absolute Gasteiger partial charge is 0.468 e. The monoisotopic (exact) mass is 198 g/mol. The van der Waals surface area contributed by atoms with E-state index < -0.39 is 6.67 Å². The Balaban J connectivity index is 2.32. The van der Waals surface area contributed by atoms with Gasteiger partial charge in [0.25, 0.3) is 0 Å². The highest BCUT2D eigenvalue weighted by Crippen LogP contribution is 2.10. The normalized spacial score (nSPS) is 9.79. The molecule has 0 N–H and O–H groups in total. The molecule has 1 aromatic rings. The number of rotatable bonds is 6. The van der Waals surface area contributed by atoms with Gasteiger partial charge in [0.2, 0.25) is 0 Å². The standard InChI is InChI=1S/C10H11FO3/c11-5-6-13-8-14-10-3-1-9(7-12)2-4-10/h1-4,7H,5-6,8H2. The Labute approximate surface area is 81.4 Å². The van der Waals surface area contributed by atoms with Crippen LogP contribution in [-0.4, -0.2) is 26.4 Å². The second kappa shape index (κ2) is 6.10. The molecule has 0 aliphatic heterocycles. The first-order valence-electron chi connectivity index (χ1n) is 4.18. The van der Waals surface area contributed by atoms with Crippen molar-refractivity contribution < 1.29 is 18.7 Å². The summed E-state index contributed by atoms with van der Waals surface area (Å²) < 4.78 is 21.5. The molecule has 0 unspecified atom stereocenters. The fourth-order valence-corrected chi connectivity index (χ4v) is 0.866. The molecule has 0 spiro atoms. The van der Waals surface area contributed by atoms with Crippen molar-refractivity contribution in [2.24, 2.45) is 0 Å². The van der Waals surface area contributed by atoms with E-state index in [1.54, 1.807) is 24.3 Å². The zero-order valence-electron chi connectivity index (χ0n) is 7.61. The number of benzene rings is 1. The maximum atomic E-state index is 11.6. The van der Waals surface area contributed by atoms with Crippen molar-refractivity contribution >= 4 is 6.29 Å². The average molecular weight is 198 g/mol. The van der Waals surface area contributed by atoms with Crippen molar-refractivity contribution in [2.45, 2.75) is 0 Å². The van der Waals surface area contributed by atoms with Crippen LogP contribution in [0.4, 0.5) is 4.39 Å². The molecule has 0 saturated heterocycles. The summed E-state index contributed by atoms with van der Waals surface area (Å²) in [5.41, 5.74) is 0.585. The molecule has 0 saturated carbocycles. The van der Waals surface area contributed by atoms with Crippen LogP contribution in [0.15, 0.2) is 24.3 Å². The summed E-state index contributed by atoms with van der Waals surface area (Å²) in [6.45, 7) is -0.468. The highest BCUT2D eigenvalue weighted by Gasteiger charge is 1.94. The van der Waals surface area contributed by atoms with Crippen LogP contribution >= 0.6 is 0 Å². The number of halogens is 1. The molecular formula is C10H11FO3. The summed E-state index contributed by atoms with van der Waals surface area (Å²) >= 11 is 0. The van der Waals surface area contributed by atoms with Crippen LogP contribution in [0.3, 0.4) is 0 Å². The van der Waals surface area contributed by atoms with Gasteiger partial charge in [0.15, 0.2) is 6.79 Å². The molecule has 0 bridgehead atoms. The van der Waals surface area contributed by atoms with Crippen LogP contribution in [0.25, 0.3) is 0 Å². The summed E-state index contributed by atoms with van der Waals surface area (Å²) in [6.07, 6.45) is 0.753. The first kappa shape index (κ1) is 10.7. The maximum Gasteiger partial charge on any atom is 0.189 e. The molecule has 0 amide bonds. The van der Waals surface area contributed by atoms with E-state index in [0.29, 0.717) is 11.3 Å².